The number of benzene rings is 1. The fourth-order valence-corrected chi connectivity index (χ4v) is 3.35. The summed E-state index contributed by atoms with van der Waals surface area (Å²) in [4.78, 5) is 38.2. The lowest BCUT2D eigenvalue weighted by atomic mass is 10.0. The molecule has 0 saturated carbocycles. The molecule has 0 spiro atoms. The zero-order chi connectivity index (χ0) is 20.8. The maximum atomic E-state index is 12.6. The van der Waals surface area contributed by atoms with Crippen molar-refractivity contribution in [3.05, 3.63) is 58.0 Å². The van der Waals surface area contributed by atoms with Crippen molar-refractivity contribution in [3.63, 3.8) is 0 Å². The van der Waals surface area contributed by atoms with Crippen molar-refractivity contribution in [1.82, 2.24) is 20.0 Å². The molecular weight excluding hydrogens is 372 g/mol. The Bertz CT molecular complexity index is 934. The maximum absolute atomic E-state index is 12.6. The molecule has 3 rings (SSSR count). The summed E-state index contributed by atoms with van der Waals surface area (Å²) < 4.78 is 6.93. The van der Waals surface area contributed by atoms with Gasteiger partial charge in [0.1, 0.15) is 11.4 Å². The SMILES string of the molecule is CCC(NC(=O)c1ccc(=O)n(C)n1)c1ccccc1OCC(=O)N1CCCC1. The minimum atomic E-state index is -0.379. The Labute approximate surface area is 169 Å². The highest BCUT2D eigenvalue weighted by molar-refractivity contribution is 5.92. The van der Waals surface area contributed by atoms with E-state index in [0.29, 0.717) is 12.2 Å². The first kappa shape index (κ1) is 20.6. The summed E-state index contributed by atoms with van der Waals surface area (Å²) in [6, 6.07) is 9.77. The van der Waals surface area contributed by atoms with Crippen LogP contribution in [-0.2, 0) is 11.8 Å². The summed E-state index contributed by atoms with van der Waals surface area (Å²) in [5, 5.41) is 6.93. The highest BCUT2D eigenvalue weighted by Crippen LogP contribution is 2.27. The lowest BCUT2D eigenvalue weighted by Crippen LogP contribution is -2.33. The Morgan fingerprint density at radius 3 is 2.59 bits per heavy atom. The zero-order valence-electron chi connectivity index (χ0n) is 16.8. The number of aromatic nitrogens is 2. The van der Waals surface area contributed by atoms with E-state index in [1.807, 2.05) is 30.0 Å². The smallest absolute Gasteiger partial charge is 0.272 e. The van der Waals surface area contributed by atoms with Crippen LogP contribution in [0.3, 0.4) is 0 Å². The van der Waals surface area contributed by atoms with Gasteiger partial charge in [0, 0.05) is 31.8 Å². The molecule has 154 valence electrons. The highest BCUT2D eigenvalue weighted by atomic mass is 16.5. The van der Waals surface area contributed by atoms with Gasteiger partial charge < -0.3 is 15.0 Å². The van der Waals surface area contributed by atoms with Crippen LogP contribution in [0.2, 0.25) is 0 Å². The molecule has 2 heterocycles. The van der Waals surface area contributed by atoms with Gasteiger partial charge in [0.25, 0.3) is 17.4 Å². The molecule has 1 aromatic heterocycles. The number of hydrogen-bond donors (Lipinski definition) is 1. The van der Waals surface area contributed by atoms with Gasteiger partial charge in [-0.2, -0.15) is 5.10 Å². The molecule has 8 heteroatoms. The number of para-hydroxylation sites is 1. The minimum Gasteiger partial charge on any atom is -0.483 e. The molecule has 1 aromatic carbocycles. The molecule has 0 aliphatic carbocycles. The van der Waals surface area contributed by atoms with Crippen LogP contribution in [0.5, 0.6) is 5.75 Å². The van der Waals surface area contributed by atoms with Gasteiger partial charge >= 0.3 is 0 Å². The molecule has 1 N–H and O–H groups in total. The number of nitrogens with one attached hydrogen (secondary N) is 1. The summed E-state index contributed by atoms with van der Waals surface area (Å²) in [6.45, 7) is 3.49. The van der Waals surface area contributed by atoms with Crippen LogP contribution in [0.4, 0.5) is 0 Å². The van der Waals surface area contributed by atoms with E-state index in [9.17, 15) is 14.4 Å². The third kappa shape index (κ3) is 5.01. The monoisotopic (exact) mass is 398 g/mol. The van der Waals surface area contributed by atoms with Gasteiger partial charge in [-0.3, -0.25) is 14.4 Å². The van der Waals surface area contributed by atoms with Gasteiger partial charge in [0.05, 0.1) is 6.04 Å². The van der Waals surface area contributed by atoms with Gasteiger partial charge in [-0.1, -0.05) is 25.1 Å². The van der Waals surface area contributed by atoms with E-state index in [1.165, 1.54) is 19.2 Å². The summed E-state index contributed by atoms with van der Waals surface area (Å²) in [7, 11) is 1.50. The van der Waals surface area contributed by atoms with Gasteiger partial charge in [-0.05, 0) is 31.4 Å². The van der Waals surface area contributed by atoms with Crippen molar-refractivity contribution < 1.29 is 14.3 Å². The maximum Gasteiger partial charge on any atom is 0.272 e. The molecular formula is C21H26N4O4. The molecule has 8 nitrogen and oxygen atoms in total. The molecule has 2 aromatic rings. The third-order valence-electron chi connectivity index (χ3n) is 5.01. The zero-order valence-corrected chi connectivity index (χ0v) is 16.8. The van der Waals surface area contributed by atoms with Crippen molar-refractivity contribution in [2.75, 3.05) is 19.7 Å². The van der Waals surface area contributed by atoms with Crippen LogP contribution in [-0.4, -0.2) is 46.2 Å². The van der Waals surface area contributed by atoms with Gasteiger partial charge in [0.2, 0.25) is 0 Å². The Hall–Kier alpha value is -3.16. The number of hydrogen-bond acceptors (Lipinski definition) is 5. The van der Waals surface area contributed by atoms with Gasteiger partial charge in [-0.25, -0.2) is 4.68 Å². The first-order chi connectivity index (χ1) is 14.0. The largest absolute Gasteiger partial charge is 0.483 e. The number of ether oxygens (including phenoxy) is 1. The standard InChI is InChI=1S/C21H26N4O4/c1-3-16(22-21(28)17-10-11-19(26)24(2)23-17)15-8-4-5-9-18(15)29-14-20(27)25-12-6-7-13-25/h4-5,8-11,16H,3,6-7,12-14H2,1-2H3,(H,22,28). The van der Waals surface area contributed by atoms with E-state index in [0.717, 1.165) is 36.2 Å². The van der Waals surface area contributed by atoms with Crippen molar-refractivity contribution in [3.8, 4) is 5.75 Å². The summed E-state index contributed by atoms with van der Waals surface area (Å²) in [5.74, 6) is 0.166. The van der Waals surface area contributed by atoms with E-state index < -0.39 is 0 Å². The van der Waals surface area contributed by atoms with Crippen LogP contribution in [0, 0.1) is 0 Å². The molecule has 1 aliphatic heterocycles. The summed E-state index contributed by atoms with van der Waals surface area (Å²) in [5.41, 5.74) is 0.672. The Morgan fingerprint density at radius 2 is 1.90 bits per heavy atom. The molecule has 1 atom stereocenters. The topological polar surface area (TPSA) is 93.5 Å². The highest BCUT2D eigenvalue weighted by Gasteiger charge is 2.21. The number of aryl methyl sites for hydroxylation is 1. The number of rotatable bonds is 7. The molecule has 1 saturated heterocycles. The molecule has 1 fully saturated rings. The molecule has 0 radical (unpaired) electrons. The second kappa shape index (κ2) is 9.36. The Kier molecular flexibility index (Phi) is 6.64. The first-order valence-electron chi connectivity index (χ1n) is 9.84. The lowest BCUT2D eigenvalue weighted by molar-refractivity contribution is -0.132. The third-order valence-corrected chi connectivity index (χ3v) is 5.01. The molecule has 0 bridgehead atoms. The van der Waals surface area contributed by atoms with Crippen molar-refractivity contribution >= 4 is 11.8 Å². The molecule has 1 aliphatic rings. The summed E-state index contributed by atoms with van der Waals surface area (Å²) >= 11 is 0. The van der Waals surface area contributed by atoms with Crippen LogP contribution in [0.25, 0.3) is 0 Å². The Morgan fingerprint density at radius 1 is 1.17 bits per heavy atom. The number of likely N-dealkylation sites (tertiary alicyclic amines) is 1. The van der Waals surface area contributed by atoms with E-state index in [1.54, 1.807) is 6.07 Å². The van der Waals surface area contributed by atoms with Crippen LogP contribution in [0.1, 0.15) is 48.3 Å². The average Bonchev–Trinajstić information content (AvgIpc) is 3.27. The lowest BCUT2D eigenvalue weighted by Gasteiger charge is -2.21. The number of carbonyl (C=O) groups excluding carboxylic acids is 2. The number of nitrogens with zero attached hydrogens (tertiary/aromatic N) is 3. The fraction of sp³-hybridized carbons (Fsp3) is 0.429. The summed E-state index contributed by atoms with van der Waals surface area (Å²) in [6.07, 6.45) is 2.69. The second-order valence-electron chi connectivity index (χ2n) is 7.03. The van der Waals surface area contributed by atoms with E-state index in [4.69, 9.17) is 4.74 Å². The minimum absolute atomic E-state index is 0.0241. The van der Waals surface area contributed by atoms with E-state index >= 15 is 0 Å². The van der Waals surface area contributed by atoms with Crippen molar-refractivity contribution in [1.29, 1.82) is 0 Å². The van der Waals surface area contributed by atoms with Gasteiger partial charge in [0.15, 0.2) is 6.61 Å². The molecule has 29 heavy (non-hydrogen) atoms. The van der Waals surface area contributed by atoms with Crippen LogP contribution < -0.4 is 15.6 Å². The van der Waals surface area contributed by atoms with E-state index in [-0.39, 0.29) is 35.7 Å². The molecule has 2 amide bonds. The second-order valence-corrected chi connectivity index (χ2v) is 7.03. The predicted molar refractivity (Wildman–Crippen MR) is 108 cm³/mol. The Balaban J connectivity index is 1.71. The van der Waals surface area contributed by atoms with Gasteiger partial charge in [-0.15, -0.1) is 0 Å². The number of amides is 2. The van der Waals surface area contributed by atoms with Crippen molar-refractivity contribution in [2.24, 2.45) is 7.05 Å². The average molecular weight is 398 g/mol. The fourth-order valence-electron chi connectivity index (χ4n) is 3.35. The number of carbonyl (C=O) groups is 2. The quantitative estimate of drug-likeness (QED) is 0.766. The van der Waals surface area contributed by atoms with E-state index in [2.05, 4.69) is 10.4 Å². The van der Waals surface area contributed by atoms with Crippen LogP contribution in [0.15, 0.2) is 41.2 Å². The first-order valence-corrected chi connectivity index (χ1v) is 9.84. The molecule has 1 unspecified atom stereocenters. The van der Waals surface area contributed by atoms with Crippen LogP contribution >= 0.6 is 0 Å². The predicted octanol–water partition coefficient (Wildman–Crippen LogP) is 1.66. The normalized spacial score (nSPS) is 14.5. The van der Waals surface area contributed by atoms with Crippen molar-refractivity contribution in [2.45, 2.75) is 32.2 Å².